The van der Waals surface area contributed by atoms with E-state index in [2.05, 4.69) is 0 Å². The van der Waals surface area contributed by atoms with Gasteiger partial charge in [0.2, 0.25) is 0 Å². The molecule has 0 saturated carbocycles. The van der Waals surface area contributed by atoms with Crippen LogP contribution in [0.1, 0.15) is 16.8 Å². The van der Waals surface area contributed by atoms with Crippen LogP contribution in [0.25, 0.3) is 0 Å². The van der Waals surface area contributed by atoms with Crippen LogP contribution in [0.15, 0.2) is 29.2 Å². The molecular formula is C11H11ClO5S2. The molecule has 0 aliphatic carbocycles. The molecule has 5 nitrogen and oxygen atoms in total. The predicted octanol–water partition coefficient (Wildman–Crippen LogP) is 1.03. The first-order valence-corrected chi connectivity index (χ1v) is 9.21. The van der Waals surface area contributed by atoms with Crippen molar-refractivity contribution < 1.29 is 21.6 Å². The Morgan fingerprint density at radius 1 is 1.32 bits per heavy atom. The van der Waals surface area contributed by atoms with Gasteiger partial charge in [-0.2, -0.15) is 0 Å². The van der Waals surface area contributed by atoms with E-state index >= 15 is 0 Å². The Balaban J connectivity index is 2.41. The Kier molecular flexibility index (Phi) is 3.72. The van der Waals surface area contributed by atoms with Gasteiger partial charge in [-0.15, -0.1) is 0 Å². The third-order valence-electron chi connectivity index (χ3n) is 3.02. The summed E-state index contributed by atoms with van der Waals surface area (Å²) in [6.07, 6.45) is 0.0870. The van der Waals surface area contributed by atoms with Gasteiger partial charge in [-0.25, -0.2) is 16.8 Å². The predicted molar refractivity (Wildman–Crippen MR) is 70.9 cm³/mol. The van der Waals surface area contributed by atoms with Crippen LogP contribution in [-0.2, 0) is 19.7 Å². The lowest BCUT2D eigenvalue weighted by Gasteiger charge is -2.10. The quantitative estimate of drug-likeness (QED) is 0.776. The van der Waals surface area contributed by atoms with E-state index in [1.54, 1.807) is 0 Å². The second-order valence-electron chi connectivity index (χ2n) is 4.37. The molecule has 1 aliphatic heterocycles. The number of sulfone groups is 2. The summed E-state index contributed by atoms with van der Waals surface area (Å²) in [5, 5.41) is -1.70. The number of halogens is 1. The Labute approximate surface area is 116 Å². The number of carbonyl (C=O) groups is 1. The standard InChI is InChI=1S/C11H11ClO5S2/c12-11(13)8-2-1-3-9(6-8)19(16,17)10-4-5-18(14,15)7-10/h1-3,6,10H,4-5,7H2/t10-/m0/s1. The lowest BCUT2D eigenvalue weighted by Crippen LogP contribution is -2.22. The maximum atomic E-state index is 12.3. The van der Waals surface area contributed by atoms with Crippen molar-refractivity contribution in [3.05, 3.63) is 29.8 Å². The lowest BCUT2D eigenvalue weighted by atomic mass is 10.2. The molecule has 1 aromatic carbocycles. The molecular weight excluding hydrogens is 312 g/mol. The summed E-state index contributed by atoms with van der Waals surface area (Å²) in [6, 6.07) is 5.32. The van der Waals surface area contributed by atoms with Crippen molar-refractivity contribution in [2.45, 2.75) is 16.6 Å². The summed E-state index contributed by atoms with van der Waals surface area (Å²) < 4.78 is 47.3. The van der Waals surface area contributed by atoms with Gasteiger partial charge in [-0.1, -0.05) is 12.1 Å². The zero-order chi connectivity index (χ0) is 14.3. The second-order valence-corrected chi connectivity index (χ2v) is 9.17. The molecule has 0 bridgehead atoms. The normalized spacial score (nSPS) is 22.3. The lowest BCUT2D eigenvalue weighted by molar-refractivity contribution is 0.108. The van der Waals surface area contributed by atoms with Gasteiger partial charge in [0.1, 0.15) is 0 Å². The molecule has 0 N–H and O–H groups in total. The minimum atomic E-state index is -3.76. The minimum absolute atomic E-state index is 0.0684. The van der Waals surface area contributed by atoms with Crippen molar-refractivity contribution in [3.63, 3.8) is 0 Å². The van der Waals surface area contributed by atoms with E-state index in [9.17, 15) is 21.6 Å². The SMILES string of the molecule is O=C(Cl)c1cccc(S(=O)(=O)[C@H]2CCS(=O)(=O)C2)c1. The first kappa shape index (κ1) is 14.5. The van der Waals surface area contributed by atoms with E-state index in [0.29, 0.717) is 0 Å². The summed E-state index contributed by atoms with van der Waals surface area (Å²) in [7, 11) is -7.04. The summed E-state index contributed by atoms with van der Waals surface area (Å²) in [5.74, 6) is -0.487. The smallest absolute Gasteiger partial charge is 0.252 e. The summed E-state index contributed by atoms with van der Waals surface area (Å²) in [6.45, 7) is 0. The van der Waals surface area contributed by atoms with Crippen LogP contribution >= 0.6 is 11.6 Å². The highest BCUT2D eigenvalue weighted by Gasteiger charge is 2.38. The van der Waals surface area contributed by atoms with Crippen LogP contribution in [0.5, 0.6) is 0 Å². The molecule has 104 valence electrons. The summed E-state index contributed by atoms with van der Waals surface area (Å²) in [4.78, 5) is 11.0. The zero-order valence-corrected chi connectivity index (χ0v) is 12.1. The topological polar surface area (TPSA) is 85.3 Å². The highest BCUT2D eigenvalue weighted by molar-refractivity contribution is 7.96. The molecule has 2 rings (SSSR count). The fourth-order valence-electron chi connectivity index (χ4n) is 1.99. The van der Waals surface area contributed by atoms with E-state index in [0.717, 1.165) is 0 Å². The van der Waals surface area contributed by atoms with Gasteiger partial charge in [-0.05, 0) is 30.2 Å². The van der Waals surface area contributed by atoms with Crippen molar-refractivity contribution in [1.29, 1.82) is 0 Å². The molecule has 0 spiro atoms. The van der Waals surface area contributed by atoms with Gasteiger partial charge in [0.05, 0.1) is 21.7 Å². The first-order chi connectivity index (χ1) is 8.72. The van der Waals surface area contributed by atoms with Gasteiger partial charge in [-0.3, -0.25) is 4.79 Å². The maximum Gasteiger partial charge on any atom is 0.252 e. The monoisotopic (exact) mass is 322 g/mol. The van der Waals surface area contributed by atoms with Crippen LogP contribution < -0.4 is 0 Å². The van der Waals surface area contributed by atoms with Crippen LogP contribution in [0, 0.1) is 0 Å². The van der Waals surface area contributed by atoms with E-state index in [4.69, 9.17) is 11.6 Å². The van der Waals surface area contributed by atoms with Crippen molar-refractivity contribution in [2.24, 2.45) is 0 Å². The number of benzene rings is 1. The average Bonchev–Trinajstić information content (AvgIpc) is 2.70. The molecule has 0 radical (unpaired) electrons. The Bertz CT molecular complexity index is 721. The van der Waals surface area contributed by atoms with Crippen LogP contribution in [0.4, 0.5) is 0 Å². The maximum absolute atomic E-state index is 12.3. The largest absolute Gasteiger partial charge is 0.276 e. The second kappa shape index (κ2) is 4.88. The van der Waals surface area contributed by atoms with Crippen molar-refractivity contribution in [1.82, 2.24) is 0 Å². The van der Waals surface area contributed by atoms with Crippen LogP contribution in [-0.4, -0.2) is 38.8 Å². The fourth-order valence-corrected chi connectivity index (χ4v) is 6.51. The van der Waals surface area contributed by atoms with E-state index in [1.165, 1.54) is 24.3 Å². The third-order valence-corrected chi connectivity index (χ3v) is 7.41. The molecule has 1 heterocycles. The third kappa shape index (κ3) is 2.98. The highest BCUT2D eigenvalue weighted by Crippen LogP contribution is 2.26. The van der Waals surface area contributed by atoms with Gasteiger partial charge in [0.15, 0.2) is 19.7 Å². The van der Waals surface area contributed by atoms with Gasteiger partial charge in [0, 0.05) is 5.56 Å². The minimum Gasteiger partial charge on any atom is -0.276 e. The van der Waals surface area contributed by atoms with Crippen LogP contribution in [0.2, 0.25) is 0 Å². The zero-order valence-electron chi connectivity index (χ0n) is 9.74. The molecule has 19 heavy (non-hydrogen) atoms. The summed E-state index contributed by atoms with van der Waals surface area (Å²) >= 11 is 5.30. The molecule has 1 aromatic rings. The average molecular weight is 323 g/mol. The Morgan fingerprint density at radius 2 is 2.00 bits per heavy atom. The van der Waals surface area contributed by atoms with E-state index in [-0.39, 0.29) is 28.4 Å². The van der Waals surface area contributed by atoms with Crippen molar-refractivity contribution in [2.75, 3.05) is 11.5 Å². The fraction of sp³-hybridized carbons (Fsp3) is 0.364. The van der Waals surface area contributed by atoms with Crippen molar-refractivity contribution >= 4 is 36.5 Å². The number of hydrogen-bond donors (Lipinski definition) is 0. The molecule has 0 unspecified atom stereocenters. The van der Waals surface area contributed by atoms with E-state index < -0.39 is 30.2 Å². The number of carbonyl (C=O) groups excluding carboxylic acids is 1. The van der Waals surface area contributed by atoms with Gasteiger partial charge in [0.25, 0.3) is 5.24 Å². The molecule has 1 atom stereocenters. The number of hydrogen-bond acceptors (Lipinski definition) is 5. The molecule has 1 fully saturated rings. The molecule has 1 saturated heterocycles. The van der Waals surface area contributed by atoms with Crippen molar-refractivity contribution in [3.8, 4) is 0 Å². The van der Waals surface area contributed by atoms with Gasteiger partial charge >= 0.3 is 0 Å². The van der Waals surface area contributed by atoms with E-state index in [1.807, 2.05) is 0 Å². The molecule has 0 aromatic heterocycles. The highest BCUT2D eigenvalue weighted by atomic mass is 35.5. The van der Waals surface area contributed by atoms with Gasteiger partial charge < -0.3 is 0 Å². The first-order valence-electron chi connectivity index (χ1n) is 5.46. The molecule has 8 heteroatoms. The summed E-state index contributed by atoms with van der Waals surface area (Å²) in [5.41, 5.74) is 0.0728. The Morgan fingerprint density at radius 3 is 2.53 bits per heavy atom. The van der Waals surface area contributed by atoms with Crippen LogP contribution in [0.3, 0.4) is 0 Å². The Hall–Kier alpha value is -0.920. The molecule has 0 amide bonds. The molecule has 1 aliphatic rings. The number of rotatable bonds is 3.